The average molecular weight is 236 g/mol. The maximum Gasteiger partial charge on any atom is 0.0730 e. The number of aliphatic hydroxyl groups is 1. The second kappa shape index (κ2) is 4.45. The summed E-state index contributed by atoms with van der Waals surface area (Å²) < 4.78 is 1.90. The van der Waals surface area contributed by atoms with Gasteiger partial charge < -0.3 is 5.11 Å². The van der Waals surface area contributed by atoms with Crippen molar-refractivity contribution in [3.63, 3.8) is 0 Å². The molecule has 3 atom stereocenters. The molecule has 3 unspecified atom stereocenters. The van der Waals surface area contributed by atoms with Crippen LogP contribution in [0.25, 0.3) is 0 Å². The predicted molar refractivity (Wildman–Crippen MR) is 68.8 cm³/mol. The highest BCUT2D eigenvalue weighted by atomic mass is 16.3. The van der Waals surface area contributed by atoms with E-state index in [-0.39, 0.29) is 0 Å². The first-order chi connectivity index (χ1) is 7.90. The van der Waals surface area contributed by atoms with Crippen LogP contribution in [0.2, 0.25) is 0 Å². The van der Waals surface area contributed by atoms with Gasteiger partial charge in [-0.15, -0.1) is 0 Å². The van der Waals surface area contributed by atoms with Crippen molar-refractivity contribution >= 4 is 0 Å². The number of rotatable bonds is 2. The van der Waals surface area contributed by atoms with Gasteiger partial charge in [0.1, 0.15) is 0 Å². The van der Waals surface area contributed by atoms with Gasteiger partial charge in [-0.1, -0.05) is 20.3 Å². The molecule has 0 spiro atoms. The summed E-state index contributed by atoms with van der Waals surface area (Å²) in [5.74, 6) is 1.01. The lowest BCUT2D eigenvalue weighted by molar-refractivity contribution is -0.0572. The van der Waals surface area contributed by atoms with Crippen LogP contribution in [-0.4, -0.2) is 20.5 Å². The molecule has 0 aliphatic heterocycles. The Morgan fingerprint density at radius 1 is 1.47 bits per heavy atom. The molecular weight excluding hydrogens is 212 g/mol. The zero-order chi connectivity index (χ0) is 12.6. The van der Waals surface area contributed by atoms with Crippen molar-refractivity contribution in [2.45, 2.75) is 52.1 Å². The molecule has 2 rings (SSSR count). The lowest BCUT2D eigenvalue weighted by atomic mass is 9.70. The molecule has 1 aromatic rings. The molecule has 0 radical (unpaired) electrons. The Kier molecular flexibility index (Phi) is 3.30. The maximum atomic E-state index is 10.9. The van der Waals surface area contributed by atoms with Crippen molar-refractivity contribution < 1.29 is 5.11 Å². The first-order valence-corrected chi connectivity index (χ1v) is 6.62. The van der Waals surface area contributed by atoms with Crippen molar-refractivity contribution in [3.8, 4) is 0 Å². The van der Waals surface area contributed by atoms with Crippen LogP contribution in [0.1, 0.15) is 44.5 Å². The van der Waals surface area contributed by atoms with Crippen molar-refractivity contribution in [1.29, 1.82) is 0 Å². The largest absolute Gasteiger partial charge is 0.389 e. The molecule has 1 heterocycles. The van der Waals surface area contributed by atoms with E-state index in [1.54, 1.807) is 0 Å². The van der Waals surface area contributed by atoms with E-state index in [1.807, 2.05) is 18.7 Å². The fourth-order valence-corrected chi connectivity index (χ4v) is 3.10. The predicted octanol–water partition coefficient (Wildman–Crippen LogP) is 2.46. The lowest BCUT2D eigenvalue weighted by Crippen LogP contribution is -2.44. The third kappa shape index (κ3) is 2.54. The maximum absolute atomic E-state index is 10.9. The quantitative estimate of drug-likeness (QED) is 0.856. The fraction of sp³-hybridized carbons (Fsp3) is 0.786. The van der Waals surface area contributed by atoms with Crippen molar-refractivity contribution in [3.05, 3.63) is 17.5 Å². The summed E-state index contributed by atoms with van der Waals surface area (Å²) in [7, 11) is 1.96. The average Bonchev–Trinajstić information content (AvgIpc) is 2.52. The summed E-state index contributed by atoms with van der Waals surface area (Å²) in [6, 6.07) is 2.09. The highest BCUT2D eigenvalue weighted by molar-refractivity contribution is 5.12. The van der Waals surface area contributed by atoms with Gasteiger partial charge in [0.2, 0.25) is 0 Å². The minimum absolute atomic E-state index is 0.383. The van der Waals surface area contributed by atoms with E-state index in [0.717, 1.165) is 30.7 Å². The number of aromatic nitrogens is 2. The second-order valence-electron chi connectivity index (χ2n) is 5.97. The Morgan fingerprint density at radius 2 is 2.18 bits per heavy atom. The summed E-state index contributed by atoms with van der Waals surface area (Å²) in [6.45, 7) is 6.42. The minimum atomic E-state index is -0.544. The molecule has 3 nitrogen and oxygen atoms in total. The molecule has 1 N–H and O–H groups in total. The summed E-state index contributed by atoms with van der Waals surface area (Å²) in [5.41, 5.74) is 1.63. The molecule has 0 saturated heterocycles. The SMILES string of the molecule is Cc1cc(CC2(O)CC(C)CCC2C)n(C)n1. The number of nitrogens with zero attached hydrogens (tertiary/aromatic N) is 2. The first-order valence-electron chi connectivity index (χ1n) is 6.62. The Morgan fingerprint density at radius 3 is 2.76 bits per heavy atom. The molecule has 0 amide bonds. The smallest absolute Gasteiger partial charge is 0.0730 e. The third-order valence-electron chi connectivity index (χ3n) is 4.30. The van der Waals surface area contributed by atoms with Crippen LogP contribution in [0.15, 0.2) is 6.07 Å². The number of hydrogen-bond acceptors (Lipinski definition) is 2. The number of aryl methyl sites for hydroxylation is 2. The number of hydrogen-bond donors (Lipinski definition) is 1. The van der Waals surface area contributed by atoms with E-state index in [4.69, 9.17) is 0 Å². The minimum Gasteiger partial charge on any atom is -0.389 e. The standard InChI is InChI=1S/C14H24N2O/c1-10-5-6-11(2)14(17,8-10)9-13-7-12(3)15-16(13)4/h7,10-11,17H,5-6,8-9H2,1-4H3. The van der Waals surface area contributed by atoms with Gasteiger partial charge in [-0.2, -0.15) is 5.10 Å². The molecule has 1 aliphatic carbocycles. The zero-order valence-electron chi connectivity index (χ0n) is 11.4. The topological polar surface area (TPSA) is 38.0 Å². The highest BCUT2D eigenvalue weighted by Crippen LogP contribution is 2.38. The fourth-order valence-electron chi connectivity index (χ4n) is 3.10. The molecule has 1 aliphatic rings. The molecular formula is C14H24N2O. The molecule has 96 valence electrons. The van der Waals surface area contributed by atoms with Crippen LogP contribution in [0.5, 0.6) is 0 Å². The first kappa shape index (κ1) is 12.6. The lowest BCUT2D eigenvalue weighted by Gasteiger charge is -2.41. The van der Waals surface area contributed by atoms with Crippen LogP contribution in [0, 0.1) is 18.8 Å². The summed E-state index contributed by atoms with van der Waals surface area (Å²) in [6.07, 6.45) is 4.02. The second-order valence-corrected chi connectivity index (χ2v) is 5.97. The zero-order valence-corrected chi connectivity index (χ0v) is 11.4. The van der Waals surface area contributed by atoms with Gasteiger partial charge in [-0.05, 0) is 37.7 Å². The van der Waals surface area contributed by atoms with Crippen LogP contribution < -0.4 is 0 Å². The van der Waals surface area contributed by atoms with Crippen molar-refractivity contribution in [1.82, 2.24) is 9.78 Å². The molecule has 0 aromatic carbocycles. The van der Waals surface area contributed by atoms with Crippen LogP contribution in [0.3, 0.4) is 0 Å². The monoisotopic (exact) mass is 236 g/mol. The van der Waals surface area contributed by atoms with Crippen molar-refractivity contribution in [2.75, 3.05) is 0 Å². The Balaban J connectivity index is 2.18. The Bertz CT molecular complexity index is 399. The van der Waals surface area contributed by atoms with Crippen molar-refractivity contribution in [2.24, 2.45) is 18.9 Å². The van der Waals surface area contributed by atoms with Gasteiger partial charge >= 0.3 is 0 Å². The van der Waals surface area contributed by atoms with Crippen LogP contribution in [-0.2, 0) is 13.5 Å². The highest BCUT2D eigenvalue weighted by Gasteiger charge is 2.39. The van der Waals surface area contributed by atoms with Gasteiger partial charge in [-0.25, -0.2) is 0 Å². The molecule has 1 aromatic heterocycles. The van der Waals surface area contributed by atoms with Gasteiger partial charge in [0.25, 0.3) is 0 Å². The normalized spacial score (nSPS) is 33.9. The van der Waals surface area contributed by atoms with Gasteiger partial charge in [-0.3, -0.25) is 4.68 Å². The van der Waals surface area contributed by atoms with Gasteiger partial charge in [0.15, 0.2) is 0 Å². The Hall–Kier alpha value is -0.830. The van der Waals surface area contributed by atoms with E-state index in [2.05, 4.69) is 25.0 Å². The molecule has 17 heavy (non-hydrogen) atoms. The third-order valence-corrected chi connectivity index (χ3v) is 4.30. The van der Waals surface area contributed by atoms with Crippen LogP contribution in [0.4, 0.5) is 0 Å². The van der Waals surface area contributed by atoms with E-state index in [9.17, 15) is 5.11 Å². The molecule has 1 saturated carbocycles. The van der Waals surface area contributed by atoms with E-state index in [0.29, 0.717) is 11.8 Å². The van der Waals surface area contributed by atoms with E-state index < -0.39 is 5.60 Å². The summed E-state index contributed by atoms with van der Waals surface area (Å²) >= 11 is 0. The Labute approximate surface area is 104 Å². The van der Waals surface area contributed by atoms with E-state index in [1.165, 1.54) is 6.42 Å². The summed E-state index contributed by atoms with van der Waals surface area (Å²) in [5, 5.41) is 15.2. The van der Waals surface area contributed by atoms with E-state index >= 15 is 0 Å². The molecule has 0 bridgehead atoms. The van der Waals surface area contributed by atoms with Crippen LogP contribution >= 0.6 is 0 Å². The van der Waals surface area contributed by atoms with Gasteiger partial charge in [0, 0.05) is 19.2 Å². The van der Waals surface area contributed by atoms with Gasteiger partial charge in [0.05, 0.1) is 11.3 Å². The molecule has 1 fully saturated rings. The molecule has 3 heteroatoms. The summed E-state index contributed by atoms with van der Waals surface area (Å²) in [4.78, 5) is 0.